The highest BCUT2D eigenvalue weighted by atomic mass is 35.5. The van der Waals surface area contributed by atoms with Gasteiger partial charge in [0.2, 0.25) is 11.4 Å². The van der Waals surface area contributed by atoms with E-state index in [2.05, 4.69) is 23.9 Å². The molecule has 3 aromatic carbocycles. The molecule has 0 aliphatic carbocycles. The normalized spacial score (nSPS) is 13.9. The van der Waals surface area contributed by atoms with Gasteiger partial charge < -0.3 is 18.7 Å². The van der Waals surface area contributed by atoms with Gasteiger partial charge in [-0.15, -0.1) is 0 Å². The molecule has 14 heteroatoms. The number of hydrogen-bond acceptors (Lipinski definition) is 9. The fraction of sp³-hybridized carbons (Fsp3) is 0.250. The summed E-state index contributed by atoms with van der Waals surface area (Å²) < 4.78 is 78.6. The fourth-order valence-electron chi connectivity index (χ4n) is 5.17. The molecule has 0 amide bonds. The van der Waals surface area contributed by atoms with E-state index in [9.17, 15) is 25.9 Å². The first-order chi connectivity index (χ1) is 21.9. The first-order valence-corrected chi connectivity index (χ1v) is 18.9. The zero-order valence-corrected chi connectivity index (χ0v) is 28.1. The zero-order chi connectivity index (χ0) is 32.9. The van der Waals surface area contributed by atoms with Crippen LogP contribution in [0.1, 0.15) is 24.8 Å². The van der Waals surface area contributed by atoms with Crippen molar-refractivity contribution < 1.29 is 39.8 Å². The number of thiazole rings is 1. The largest absolute Gasteiger partial charge is 0.748 e. The van der Waals surface area contributed by atoms with E-state index >= 15 is 0 Å². The number of rotatable bonds is 10. The van der Waals surface area contributed by atoms with E-state index in [1.54, 1.807) is 29.2 Å². The van der Waals surface area contributed by atoms with Crippen LogP contribution in [0.15, 0.2) is 91.1 Å². The van der Waals surface area contributed by atoms with E-state index in [0.717, 1.165) is 32.5 Å². The van der Waals surface area contributed by atoms with Gasteiger partial charge in [-0.3, -0.25) is 0 Å². The Labute approximate surface area is 277 Å². The van der Waals surface area contributed by atoms with Gasteiger partial charge >= 0.3 is 0 Å². The maximum Gasteiger partial charge on any atom is 0.268 e. The summed E-state index contributed by atoms with van der Waals surface area (Å²) in [5.74, 6) is -0.0765. The summed E-state index contributed by atoms with van der Waals surface area (Å²) in [4.78, 5) is 1.77. The number of anilines is 1. The molecule has 0 bridgehead atoms. The average Bonchev–Trinajstić information content (AvgIpc) is 3.54. The van der Waals surface area contributed by atoms with Crippen molar-refractivity contribution in [1.82, 2.24) is 0 Å². The molecule has 0 unspecified atom stereocenters. The third kappa shape index (κ3) is 8.60. The fourth-order valence-corrected chi connectivity index (χ4v) is 7.43. The van der Waals surface area contributed by atoms with Crippen molar-refractivity contribution in [2.24, 2.45) is 0 Å². The maximum absolute atomic E-state index is 11.3. The Morgan fingerprint density at radius 1 is 0.913 bits per heavy atom. The van der Waals surface area contributed by atoms with Crippen molar-refractivity contribution in [2.75, 3.05) is 23.0 Å². The summed E-state index contributed by atoms with van der Waals surface area (Å²) in [5.41, 5.74) is 1.55. The Hall–Kier alpha value is -3.59. The van der Waals surface area contributed by atoms with Crippen molar-refractivity contribution in [1.29, 1.82) is 0 Å². The molecule has 0 atom stereocenters. The standard InChI is InChI=1S/C25H23ClN2O7S3.C7H10N/c26-18-8-9-21-20(15-18)27(11-3-13-37(29,30)31)23(35-21)16-24-28(12-4-14-38(32,33)34)25-19-6-2-1-5-17(19)7-10-22(25)36-24;1-2-8-6-4-3-5-7-8/h1-2,5-10,15-16H,3-4,11-14H2,(H-,29,30,31,32,33,34);3-7H,2H2,1H3/q;+1/p-1. The Morgan fingerprint density at radius 2 is 1.63 bits per heavy atom. The number of benzene rings is 3. The lowest BCUT2D eigenvalue weighted by molar-refractivity contribution is -0.693. The highest BCUT2D eigenvalue weighted by molar-refractivity contribution is 7.85. The number of aromatic nitrogens is 2. The van der Waals surface area contributed by atoms with E-state index in [-0.39, 0.29) is 25.9 Å². The van der Waals surface area contributed by atoms with Gasteiger partial charge in [0.25, 0.3) is 5.01 Å². The molecular formula is C32H32ClN3O7S3. The highest BCUT2D eigenvalue weighted by Gasteiger charge is 2.30. The molecule has 46 heavy (non-hydrogen) atoms. The van der Waals surface area contributed by atoms with E-state index in [4.69, 9.17) is 16.3 Å². The van der Waals surface area contributed by atoms with Crippen molar-refractivity contribution in [3.05, 3.63) is 101 Å². The van der Waals surface area contributed by atoms with Crippen LogP contribution >= 0.6 is 22.9 Å². The molecule has 0 fully saturated rings. The Kier molecular flexibility index (Phi) is 10.6. The molecule has 0 radical (unpaired) electrons. The second kappa shape index (κ2) is 14.4. The molecule has 1 aliphatic heterocycles. The third-order valence-corrected chi connectivity index (χ3v) is 10.2. The second-order valence-electron chi connectivity index (χ2n) is 10.5. The zero-order valence-electron chi connectivity index (χ0n) is 24.9. The van der Waals surface area contributed by atoms with Crippen LogP contribution in [0.5, 0.6) is 5.75 Å². The number of pyridine rings is 1. The van der Waals surface area contributed by atoms with Crippen LogP contribution < -0.4 is 18.8 Å². The SMILES string of the molecule is CC[n+]1ccccc1.O=S(=O)([O-])CCCN1C(=Cc2sc3ccc4ccccc4c3[n+]2CCCS(=O)(=O)[O-])Oc2ccc(Cl)cc21. The van der Waals surface area contributed by atoms with Crippen LogP contribution in [0, 0.1) is 0 Å². The molecule has 0 saturated carbocycles. The van der Waals surface area contributed by atoms with Crippen molar-refractivity contribution in [3.63, 3.8) is 0 Å². The smallest absolute Gasteiger partial charge is 0.268 e. The predicted molar refractivity (Wildman–Crippen MR) is 178 cm³/mol. The minimum atomic E-state index is -4.38. The molecule has 3 heterocycles. The topological polar surface area (TPSA) is 135 Å². The van der Waals surface area contributed by atoms with Crippen LogP contribution in [0.25, 0.3) is 27.1 Å². The van der Waals surface area contributed by atoms with E-state index in [1.165, 1.54) is 11.3 Å². The average molecular weight is 702 g/mol. The molecule has 10 nitrogen and oxygen atoms in total. The van der Waals surface area contributed by atoms with E-state index in [0.29, 0.717) is 22.3 Å². The molecule has 6 rings (SSSR count). The number of ether oxygens (including phenoxy) is 1. The molecule has 1 aliphatic rings. The van der Waals surface area contributed by atoms with Crippen LogP contribution in [0.4, 0.5) is 5.69 Å². The number of halogens is 1. The van der Waals surface area contributed by atoms with Gasteiger partial charge in [0.15, 0.2) is 24.7 Å². The van der Waals surface area contributed by atoms with Gasteiger partial charge in [0.05, 0.1) is 37.4 Å². The van der Waals surface area contributed by atoms with Gasteiger partial charge in [-0.25, -0.2) is 21.4 Å². The number of hydrogen-bond donors (Lipinski definition) is 0. The van der Waals surface area contributed by atoms with Crippen molar-refractivity contribution in [2.45, 2.75) is 32.9 Å². The van der Waals surface area contributed by atoms with Gasteiger partial charge in [-0.1, -0.05) is 53.3 Å². The summed E-state index contributed by atoms with van der Waals surface area (Å²) in [6, 6.07) is 23.0. The molecule has 0 N–H and O–H groups in total. The Bertz CT molecular complexity index is 2100. The molecule has 0 saturated heterocycles. The lowest BCUT2D eigenvalue weighted by Gasteiger charge is -2.18. The Morgan fingerprint density at radius 3 is 2.33 bits per heavy atom. The first kappa shape index (κ1) is 33.8. The monoisotopic (exact) mass is 701 g/mol. The molecule has 5 aromatic rings. The summed E-state index contributed by atoms with van der Waals surface area (Å²) in [6.07, 6.45) is 6.12. The molecule has 0 spiro atoms. The van der Waals surface area contributed by atoms with Gasteiger partial charge in [0, 0.05) is 41.6 Å². The van der Waals surface area contributed by atoms with Crippen LogP contribution in [-0.4, -0.2) is 44.0 Å². The molecule has 242 valence electrons. The van der Waals surface area contributed by atoms with Crippen LogP contribution in [0.3, 0.4) is 0 Å². The summed E-state index contributed by atoms with van der Waals surface area (Å²) in [7, 11) is -8.76. The first-order valence-electron chi connectivity index (χ1n) is 14.5. The quantitative estimate of drug-likeness (QED) is 0.146. The number of fused-ring (bicyclic) bond motifs is 4. The van der Waals surface area contributed by atoms with Crippen LogP contribution in [-0.2, 0) is 33.3 Å². The predicted octanol–water partition coefficient (Wildman–Crippen LogP) is 5.06. The van der Waals surface area contributed by atoms with Crippen molar-refractivity contribution >= 4 is 75.9 Å². The van der Waals surface area contributed by atoms with Crippen molar-refractivity contribution in [3.8, 4) is 5.75 Å². The molecular weight excluding hydrogens is 670 g/mol. The molecule has 2 aromatic heterocycles. The van der Waals surface area contributed by atoms with Gasteiger partial charge in [-0.05, 0) is 49.1 Å². The summed E-state index contributed by atoms with van der Waals surface area (Å²) in [5, 5.41) is 3.21. The lowest BCUT2D eigenvalue weighted by Crippen LogP contribution is -2.36. The lowest BCUT2D eigenvalue weighted by atomic mass is 10.1. The Balaban J connectivity index is 0.000000455. The minimum absolute atomic E-state index is 0.0803. The third-order valence-electron chi connectivity index (χ3n) is 7.25. The maximum atomic E-state index is 11.3. The summed E-state index contributed by atoms with van der Waals surface area (Å²) in [6.45, 7) is 3.66. The number of nitrogens with zero attached hydrogens (tertiary/aromatic N) is 3. The minimum Gasteiger partial charge on any atom is -0.748 e. The number of aryl methyl sites for hydroxylation is 2. The highest BCUT2D eigenvalue weighted by Crippen LogP contribution is 2.41. The second-order valence-corrected chi connectivity index (χ2v) is 15.1. The van der Waals surface area contributed by atoms with E-state index < -0.39 is 31.7 Å². The van der Waals surface area contributed by atoms with E-state index in [1.807, 2.05) is 59.2 Å². The van der Waals surface area contributed by atoms with Crippen LogP contribution in [0.2, 0.25) is 5.02 Å². The van der Waals surface area contributed by atoms with Gasteiger partial charge in [0.1, 0.15) is 11.2 Å². The van der Waals surface area contributed by atoms with Gasteiger partial charge in [-0.2, -0.15) is 4.57 Å². The summed E-state index contributed by atoms with van der Waals surface area (Å²) >= 11 is 7.68.